The molecular formula is C19H22N2O4. The summed E-state index contributed by atoms with van der Waals surface area (Å²) in [6.07, 6.45) is 0.128. The second-order valence-electron chi connectivity index (χ2n) is 6.34. The first kappa shape index (κ1) is 17.2. The van der Waals surface area contributed by atoms with E-state index in [1.54, 1.807) is 25.7 Å². The molecule has 6 nitrogen and oxygen atoms in total. The summed E-state index contributed by atoms with van der Waals surface area (Å²) in [4.78, 5) is 29.3. The number of aliphatic hydroxyl groups excluding tert-OH is 1. The fraction of sp³-hybridized carbons (Fsp3) is 0.368. The van der Waals surface area contributed by atoms with Gasteiger partial charge in [-0.25, -0.2) is 4.79 Å². The Kier molecular flexibility index (Phi) is 4.63. The number of benzene rings is 1. The number of fused-ring (bicyclic) bond motifs is 1. The van der Waals surface area contributed by atoms with Gasteiger partial charge >= 0.3 is 5.97 Å². The average Bonchev–Trinajstić information content (AvgIpc) is 3.13. The summed E-state index contributed by atoms with van der Waals surface area (Å²) in [6, 6.07) is 7.73. The van der Waals surface area contributed by atoms with Crippen molar-refractivity contribution in [2.24, 2.45) is 0 Å². The Labute approximate surface area is 146 Å². The molecule has 0 saturated carbocycles. The number of nitrogens with one attached hydrogen (secondary N) is 1. The largest absolute Gasteiger partial charge is 0.451 e. The molecule has 0 aliphatic carbocycles. The number of hydrogen-bond donors (Lipinski definition) is 2. The molecule has 0 saturated heterocycles. The van der Waals surface area contributed by atoms with Gasteiger partial charge in [0.2, 0.25) is 0 Å². The van der Waals surface area contributed by atoms with Crippen molar-refractivity contribution < 1.29 is 19.4 Å². The van der Waals surface area contributed by atoms with Gasteiger partial charge in [0.1, 0.15) is 5.69 Å². The highest BCUT2D eigenvalue weighted by Crippen LogP contribution is 2.28. The van der Waals surface area contributed by atoms with E-state index in [4.69, 9.17) is 4.74 Å². The molecule has 6 heteroatoms. The number of ether oxygens (including phenoxy) is 1. The third-order valence-corrected chi connectivity index (χ3v) is 4.63. The third kappa shape index (κ3) is 3.17. The molecule has 0 fully saturated rings. The number of rotatable bonds is 4. The lowest BCUT2D eigenvalue weighted by Crippen LogP contribution is -2.33. The van der Waals surface area contributed by atoms with E-state index in [2.05, 4.69) is 4.98 Å². The van der Waals surface area contributed by atoms with Crippen LogP contribution in [0.1, 0.15) is 45.9 Å². The van der Waals surface area contributed by atoms with E-state index in [1.165, 1.54) is 0 Å². The van der Waals surface area contributed by atoms with Crippen molar-refractivity contribution in [1.29, 1.82) is 0 Å². The maximum absolute atomic E-state index is 12.4. The number of aryl methyl sites for hydroxylation is 1. The average molecular weight is 342 g/mol. The molecule has 1 amide bonds. The van der Waals surface area contributed by atoms with Crippen molar-refractivity contribution in [3.05, 3.63) is 52.3 Å². The number of aromatic nitrogens is 1. The predicted molar refractivity (Wildman–Crippen MR) is 93.7 cm³/mol. The Hall–Kier alpha value is -2.60. The van der Waals surface area contributed by atoms with Gasteiger partial charge in [-0.15, -0.1) is 0 Å². The number of anilines is 1. The normalized spacial score (nSPS) is 14.3. The second-order valence-corrected chi connectivity index (χ2v) is 6.34. The van der Waals surface area contributed by atoms with Crippen LogP contribution in [0.3, 0.4) is 0 Å². The van der Waals surface area contributed by atoms with Crippen LogP contribution in [0.15, 0.2) is 24.3 Å². The maximum Gasteiger partial charge on any atom is 0.355 e. The smallest absolute Gasteiger partial charge is 0.355 e. The fourth-order valence-electron chi connectivity index (χ4n) is 3.47. The molecule has 1 aliphatic heterocycles. The van der Waals surface area contributed by atoms with E-state index < -0.39 is 12.1 Å². The summed E-state index contributed by atoms with van der Waals surface area (Å²) < 4.78 is 5.20. The number of aliphatic hydroxyl groups is 1. The first-order chi connectivity index (χ1) is 11.9. The van der Waals surface area contributed by atoms with Crippen LogP contribution in [0.4, 0.5) is 5.69 Å². The molecule has 1 atom stereocenters. The zero-order chi connectivity index (χ0) is 18.1. The monoisotopic (exact) mass is 342 g/mol. The molecule has 1 aliphatic rings. The molecule has 0 spiro atoms. The lowest BCUT2D eigenvalue weighted by atomic mass is 10.1. The van der Waals surface area contributed by atoms with Crippen molar-refractivity contribution >= 4 is 17.6 Å². The Morgan fingerprint density at radius 3 is 2.72 bits per heavy atom. The number of para-hydroxylation sites is 1. The summed E-state index contributed by atoms with van der Waals surface area (Å²) in [5.74, 6) is -0.830. The van der Waals surface area contributed by atoms with E-state index in [1.807, 2.05) is 24.3 Å². The van der Waals surface area contributed by atoms with Crippen LogP contribution >= 0.6 is 0 Å². The lowest BCUT2D eigenvalue weighted by molar-refractivity contribution is -0.121. The van der Waals surface area contributed by atoms with Crippen molar-refractivity contribution in [2.45, 2.75) is 33.3 Å². The Morgan fingerprint density at radius 2 is 2.04 bits per heavy atom. The molecule has 0 unspecified atom stereocenters. The summed E-state index contributed by atoms with van der Waals surface area (Å²) in [5.41, 5.74) is 4.34. The lowest BCUT2D eigenvalue weighted by Gasteiger charge is -2.17. The first-order valence-corrected chi connectivity index (χ1v) is 8.32. The number of aromatic amines is 1. The van der Waals surface area contributed by atoms with Crippen molar-refractivity contribution in [2.75, 3.05) is 18.1 Å². The Bertz CT molecular complexity index is 823. The van der Waals surface area contributed by atoms with Crippen LogP contribution in [-0.2, 0) is 16.0 Å². The van der Waals surface area contributed by atoms with Crippen molar-refractivity contribution in [1.82, 2.24) is 4.98 Å². The van der Waals surface area contributed by atoms with Gasteiger partial charge in [0.05, 0.1) is 6.10 Å². The number of H-pyrrole nitrogens is 1. The minimum atomic E-state index is -0.680. The number of carbonyl (C=O) groups excluding carboxylic acids is 2. The van der Waals surface area contributed by atoms with E-state index >= 15 is 0 Å². The molecule has 1 aromatic heterocycles. The minimum Gasteiger partial charge on any atom is -0.451 e. The van der Waals surface area contributed by atoms with Crippen LogP contribution in [0, 0.1) is 13.8 Å². The van der Waals surface area contributed by atoms with Gasteiger partial charge in [-0.3, -0.25) is 4.79 Å². The van der Waals surface area contributed by atoms with Crippen LogP contribution in [0.25, 0.3) is 0 Å². The Balaban J connectivity index is 1.67. The Morgan fingerprint density at radius 1 is 1.32 bits per heavy atom. The second kappa shape index (κ2) is 6.72. The van der Waals surface area contributed by atoms with E-state index in [0.29, 0.717) is 17.7 Å². The molecule has 3 rings (SSSR count). The quantitative estimate of drug-likeness (QED) is 0.836. The van der Waals surface area contributed by atoms with Crippen LogP contribution in [-0.4, -0.2) is 35.1 Å². The van der Waals surface area contributed by atoms with E-state index in [-0.39, 0.29) is 18.2 Å². The maximum atomic E-state index is 12.4. The van der Waals surface area contributed by atoms with Gasteiger partial charge in [0.15, 0.2) is 6.61 Å². The fourth-order valence-corrected chi connectivity index (χ4v) is 3.47. The molecule has 2 heterocycles. The number of hydrogen-bond acceptors (Lipinski definition) is 4. The van der Waals surface area contributed by atoms with Crippen molar-refractivity contribution in [3.63, 3.8) is 0 Å². The summed E-state index contributed by atoms with van der Waals surface area (Å²) in [5, 5.41) is 9.80. The number of amides is 1. The molecule has 0 radical (unpaired) electrons. The summed E-state index contributed by atoms with van der Waals surface area (Å²) >= 11 is 0. The van der Waals surface area contributed by atoms with Crippen LogP contribution < -0.4 is 4.90 Å². The number of esters is 1. The molecule has 132 valence electrons. The standard InChI is InChI=1S/C19H22N2O4/c1-11-17(13(3)22)12(2)20-18(11)19(24)25-10-16(23)21-9-8-14-6-4-5-7-15(14)21/h4-7,13,20,22H,8-10H2,1-3H3/t13-/m1/s1. The highest BCUT2D eigenvalue weighted by atomic mass is 16.5. The highest BCUT2D eigenvalue weighted by molar-refractivity contribution is 5.98. The number of nitrogens with zero attached hydrogens (tertiary/aromatic N) is 1. The van der Waals surface area contributed by atoms with Gasteiger partial charge in [-0.2, -0.15) is 0 Å². The molecule has 1 aromatic carbocycles. The first-order valence-electron chi connectivity index (χ1n) is 8.32. The van der Waals surface area contributed by atoms with Crippen LogP contribution in [0.5, 0.6) is 0 Å². The summed E-state index contributed by atoms with van der Waals surface area (Å²) in [6.45, 7) is 5.47. The molecule has 0 bridgehead atoms. The third-order valence-electron chi connectivity index (χ3n) is 4.63. The zero-order valence-corrected chi connectivity index (χ0v) is 14.6. The van der Waals surface area contributed by atoms with Gasteiger partial charge in [-0.1, -0.05) is 18.2 Å². The van der Waals surface area contributed by atoms with Gasteiger partial charge in [-0.05, 0) is 44.4 Å². The SMILES string of the molecule is Cc1[nH]c(C(=O)OCC(=O)N2CCc3ccccc32)c(C)c1[C@@H](C)O. The van der Waals surface area contributed by atoms with Crippen LogP contribution in [0.2, 0.25) is 0 Å². The van der Waals surface area contributed by atoms with E-state index in [0.717, 1.165) is 23.4 Å². The topological polar surface area (TPSA) is 82.6 Å². The van der Waals surface area contributed by atoms with Gasteiger partial charge < -0.3 is 19.7 Å². The molecular weight excluding hydrogens is 320 g/mol. The highest BCUT2D eigenvalue weighted by Gasteiger charge is 2.26. The van der Waals surface area contributed by atoms with Crippen molar-refractivity contribution in [3.8, 4) is 0 Å². The number of carbonyl (C=O) groups is 2. The predicted octanol–water partition coefficient (Wildman–Crippen LogP) is 2.43. The zero-order valence-electron chi connectivity index (χ0n) is 14.6. The molecule has 2 aromatic rings. The summed E-state index contributed by atoms with van der Waals surface area (Å²) in [7, 11) is 0. The molecule has 25 heavy (non-hydrogen) atoms. The van der Waals surface area contributed by atoms with E-state index in [9.17, 15) is 14.7 Å². The van der Waals surface area contributed by atoms with Gasteiger partial charge in [0, 0.05) is 23.5 Å². The minimum absolute atomic E-state index is 0.241. The molecule has 2 N–H and O–H groups in total. The van der Waals surface area contributed by atoms with Gasteiger partial charge in [0.25, 0.3) is 5.91 Å².